The highest BCUT2D eigenvalue weighted by atomic mass is 35.5. The quantitative estimate of drug-likeness (QED) is 0.228. The van der Waals surface area contributed by atoms with Crippen molar-refractivity contribution in [3.05, 3.63) is 82.3 Å². The molecule has 4 rings (SSSR count). The van der Waals surface area contributed by atoms with Crippen molar-refractivity contribution < 1.29 is 9.47 Å². The zero-order valence-electron chi connectivity index (χ0n) is 18.7. The van der Waals surface area contributed by atoms with E-state index in [2.05, 4.69) is 10.6 Å². The molecule has 0 aliphatic heterocycles. The normalized spacial score (nSPS) is 11.4. The Labute approximate surface area is 204 Å². The largest absolute Gasteiger partial charge is 0.493 e. The van der Waals surface area contributed by atoms with Crippen LogP contribution in [0.1, 0.15) is 25.3 Å². The molecular weight excluding hydrogens is 455 g/mol. The third kappa shape index (κ3) is 5.35. The van der Waals surface area contributed by atoms with Gasteiger partial charge in [0.05, 0.1) is 29.8 Å². The molecule has 3 aromatic carbocycles. The first-order valence-corrected chi connectivity index (χ1v) is 11.7. The molecule has 170 valence electrons. The van der Waals surface area contributed by atoms with E-state index in [0.29, 0.717) is 16.7 Å². The van der Waals surface area contributed by atoms with Gasteiger partial charge in [-0.25, -0.2) is 4.98 Å². The summed E-state index contributed by atoms with van der Waals surface area (Å²) < 4.78 is 13.7. The number of aryl methyl sites for hydroxylation is 1. The zero-order valence-corrected chi connectivity index (χ0v) is 20.2. The van der Waals surface area contributed by atoms with Crippen molar-refractivity contribution in [3.8, 4) is 22.9 Å². The first-order chi connectivity index (χ1) is 16.1. The minimum atomic E-state index is 0.593. The number of fused-ring (bicyclic) bond motifs is 1. The van der Waals surface area contributed by atoms with Gasteiger partial charge >= 0.3 is 0 Å². The molecule has 0 unspecified atom stereocenters. The van der Waals surface area contributed by atoms with Crippen molar-refractivity contribution in [2.24, 2.45) is 0 Å². The lowest BCUT2D eigenvalue weighted by Crippen LogP contribution is -2.05. The van der Waals surface area contributed by atoms with E-state index in [4.69, 9.17) is 37.7 Å². The fourth-order valence-electron chi connectivity index (χ4n) is 3.83. The number of imidazole rings is 1. The molecule has 0 fully saturated rings. The number of hydrogen-bond donors (Lipinski definition) is 0. The van der Waals surface area contributed by atoms with Crippen LogP contribution < -0.4 is 9.47 Å². The molecule has 0 bridgehead atoms. The number of allylic oxidation sites excluding steroid dienone is 1. The Hall–Kier alpha value is -2.95. The van der Waals surface area contributed by atoms with Gasteiger partial charge in [0, 0.05) is 17.1 Å². The van der Waals surface area contributed by atoms with Crippen molar-refractivity contribution in [2.75, 3.05) is 13.7 Å². The van der Waals surface area contributed by atoms with Gasteiger partial charge in [-0.15, -0.1) is 0 Å². The van der Waals surface area contributed by atoms with Crippen LogP contribution in [0.15, 0.2) is 66.7 Å². The Morgan fingerprint density at radius 3 is 2.61 bits per heavy atom. The van der Waals surface area contributed by atoms with E-state index in [1.807, 2.05) is 67.6 Å². The maximum Gasteiger partial charge on any atom is 0.161 e. The van der Waals surface area contributed by atoms with E-state index in [9.17, 15) is 0 Å². The van der Waals surface area contributed by atoms with E-state index in [-0.39, 0.29) is 0 Å². The van der Waals surface area contributed by atoms with Gasteiger partial charge in [-0.2, -0.15) is 0 Å². The number of halogens is 2. The third-order valence-corrected chi connectivity index (χ3v) is 5.95. The van der Waals surface area contributed by atoms with Crippen molar-refractivity contribution in [3.63, 3.8) is 0 Å². The molecule has 0 aliphatic carbocycles. The van der Waals surface area contributed by atoms with E-state index in [1.165, 1.54) is 0 Å². The Bertz CT molecular complexity index is 1280. The van der Waals surface area contributed by atoms with Crippen molar-refractivity contribution >= 4 is 40.3 Å². The average Bonchev–Trinajstić information content (AvgIpc) is 3.18. The van der Waals surface area contributed by atoms with Gasteiger partial charge in [-0.05, 0) is 67.8 Å². The van der Waals surface area contributed by atoms with Crippen LogP contribution in [-0.2, 0) is 6.54 Å². The summed E-state index contributed by atoms with van der Waals surface area (Å²) in [5.41, 5.74) is 3.99. The van der Waals surface area contributed by atoms with E-state index < -0.39 is 0 Å². The van der Waals surface area contributed by atoms with Crippen molar-refractivity contribution in [1.82, 2.24) is 9.55 Å². The number of unbranched alkanes of at least 4 members (excludes halogenated alkanes) is 1. The van der Waals surface area contributed by atoms with Crippen LogP contribution in [0.5, 0.6) is 11.5 Å². The maximum atomic E-state index is 6.50. The molecule has 0 saturated heterocycles. The van der Waals surface area contributed by atoms with Crippen molar-refractivity contribution in [2.45, 2.75) is 26.3 Å². The SMILES string of the molecule is C/C=C/c1ccc(OCCCCn2c(-c3ccc(Cl)cc3Cl)nc3ccccc32)c(OC)c1. The molecular formula is C27H26Cl2N2O2. The molecule has 0 atom stereocenters. The highest BCUT2D eigenvalue weighted by Gasteiger charge is 2.15. The molecule has 0 radical (unpaired) electrons. The second kappa shape index (κ2) is 10.8. The first kappa shape index (κ1) is 23.2. The minimum absolute atomic E-state index is 0.593. The molecule has 0 amide bonds. The Balaban J connectivity index is 1.46. The van der Waals surface area contributed by atoms with Gasteiger partial charge in [0.2, 0.25) is 0 Å². The molecule has 0 aliphatic rings. The molecule has 6 heteroatoms. The second-order valence-corrected chi connectivity index (χ2v) is 8.51. The monoisotopic (exact) mass is 480 g/mol. The highest BCUT2D eigenvalue weighted by molar-refractivity contribution is 6.36. The Kier molecular flexibility index (Phi) is 7.58. The van der Waals surface area contributed by atoms with Gasteiger partial charge in [-0.1, -0.05) is 53.6 Å². The minimum Gasteiger partial charge on any atom is -0.493 e. The van der Waals surface area contributed by atoms with E-state index in [0.717, 1.165) is 58.9 Å². The molecule has 0 N–H and O–H groups in total. The summed E-state index contributed by atoms with van der Waals surface area (Å²) >= 11 is 12.6. The lowest BCUT2D eigenvalue weighted by Gasteiger charge is -2.13. The fraction of sp³-hybridized carbons (Fsp3) is 0.222. The standard InChI is InChI=1S/C27H26Cl2N2O2/c1-3-8-19-11-14-25(26(17-19)32-2)33-16-7-6-15-31-24-10-5-4-9-23(24)30-27(31)21-13-12-20(28)18-22(21)29/h3-5,8-14,17-18H,6-7,15-16H2,1-2H3/b8-3+. The Morgan fingerprint density at radius 2 is 1.82 bits per heavy atom. The van der Waals surface area contributed by atoms with Crippen LogP contribution in [0, 0.1) is 0 Å². The number of hydrogen-bond acceptors (Lipinski definition) is 3. The van der Waals surface area contributed by atoms with Gasteiger partial charge in [0.25, 0.3) is 0 Å². The molecule has 0 spiro atoms. The van der Waals surface area contributed by atoms with E-state index >= 15 is 0 Å². The smallest absolute Gasteiger partial charge is 0.161 e. The van der Waals surface area contributed by atoms with E-state index in [1.54, 1.807) is 13.2 Å². The number of para-hydroxylation sites is 2. The van der Waals surface area contributed by atoms with Crippen LogP contribution in [0.2, 0.25) is 10.0 Å². The number of aromatic nitrogens is 2. The number of methoxy groups -OCH3 is 1. The number of benzene rings is 3. The van der Waals surface area contributed by atoms with Crippen LogP contribution >= 0.6 is 23.2 Å². The van der Waals surface area contributed by atoms with Crippen LogP contribution in [0.25, 0.3) is 28.5 Å². The Morgan fingerprint density at radius 1 is 0.970 bits per heavy atom. The number of rotatable bonds is 9. The lowest BCUT2D eigenvalue weighted by molar-refractivity contribution is 0.284. The molecule has 1 aromatic heterocycles. The maximum absolute atomic E-state index is 6.50. The summed E-state index contributed by atoms with van der Waals surface area (Å²) in [4.78, 5) is 4.85. The van der Waals surface area contributed by atoms with Crippen LogP contribution in [0.3, 0.4) is 0 Å². The van der Waals surface area contributed by atoms with Crippen molar-refractivity contribution in [1.29, 1.82) is 0 Å². The summed E-state index contributed by atoms with van der Waals surface area (Å²) in [6, 6.07) is 19.6. The summed E-state index contributed by atoms with van der Waals surface area (Å²) in [6.45, 7) is 3.39. The van der Waals surface area contributed by atoms with Gasteiger partial charge in [0.1, 0.15) is 5.82 Å². The predicted molar refractivity (Wildman–Crippen MR) is 138 cm³/mol. The highest BCUT2D eigenvalue weighted by Crippen LogP contribution is 2.33. The predicted octanol–water partition coefficient (Wildman–Crippen LogP) is 7.91. The zero-order chi connectivity index (χ0) is 23.2. The average molecular weight is 481 g/mol. The second-order valence-electron chi connectivity index (χ2n) is 7.67. The van der Waals surface area contributed by atoms with Crippen LogP contribution in [0.4, 0.5) is 0 Å². The van der Waals surface area contributed by atoms with Crippen LogP contribution in [-0.4, -0.2) is 23.3 Å². The van der Waals surface area contributed by atoms with Gasteiger partial charge in [-0.3, -0.25) is 0 Å². The fourth-order valence-corrected chi connectivity index (χ4v) is 4.32. The summed E-state index contributed by atoms with van der Waals surface area (Å²) in [5, 5.41) is 1.20. The number of nitrogens with zero attached hydrogens (tertiary/aromatic N) is 2. The lowest BCUT2D eigenvalue weighted by atomic mass is 10.2. The molecule has 33 heavy (non-hydrogen) atoms. The molecule has 4 aromatic rings. The topological polar surface area (TPSA) is 36.3 Å². The number of ether oxygens (including phenoxy) is 2. The molecule has 1 heterocycles. The molecule has 4 nitrogen and oxygen atoms in total. The third-order valence-electron chi connectivity index (χ3n) is 5.41. The molecule has 0 saturated carbocycles. The summed E-state index contributed by atoms with van der Waals surface area (Å²) in [7, 11) is 1.66. The van der Waals surface area contributed by atoms with Gasteiger partial charge in [0.15, 0.2) is 11.5 Å². The summed E-state index contributed by atoms with van der Waals surface area (Å²) in [5.74, 6) is 2.35. The van der Waals surface area contributed by atoms with Gasteiger partial charge < -0.3 is 14.0 Å². The summed E-state index contributed by atoms with van der Waals surface area (Å²) in [6.07, 6.45) is 5.85. The first-order valence-electron chi connectivity index (χ1n) is 10.9.